The highest BCUT2D eigenvalue weighted by molar-refractivity contribution is 5.50. The molecule has 0 fully saturated rings. The molecule has 0 aliphatic rings. The van der Waals surface area contributed by atoms with E-state index in [0.717, 1.165) is 5.69 Å². The minimum Gasteiger partial charge on any atom is -0.397 e. The molecule has 6 nitrogen and oxygen atoms in total. The molecule has 0 amide bonds. The van der Waals surface area contributed by atoms with Gasteiger partial charge in [-0.25, -0.2) is 4.98 Å². The summed E-state index contributed by atoms with van der Waals surface area (Å²) in [5.74, 6) is 0.643. The molecule has 0 bridgehead atoms. The number of nitrogens with zero attached hydrogens (tertiary/aromatic N) is 2. The van der Waals surface area contributed by atoms with E-state index in [1.807, 2.05) is 6.92 Å². The van der Waals surface area contributed by atoms with Crippen LogP contribution in [0.5, 0.6) is 0 Å². The predicted octanol–water partition coefficient (Wildman–Crippen LogP) is 2.49. The number of nitrogens with two attached hydrogens (primary N) is 1. The van der Waals surface area contributed by atoms with Crippen LogP contribution in [0.15, 0.2) is 36.4 Å². The van der Waals surface area contributed by atoms with Gasteiger partial charge in [0.25, 0.3) is 5.69 Å². The molecule has 0 unspecified atom stereocenters. The van der Waals surface area contributed by atoms with Crippen molar-refractivity contribution in [3.63, 3.8) is 0 Å². The van der Waals surface area contributed by atoms with Gasteiger partial charge in [-0.1, -0.05) is 18.2 Å². The Morgan fingerprint density at radius 3 is 2.74 bits per heavy atom. The summed E-state index contributed by atoms with van der Waals surface area (Å²) < 4.78 is 0. The van der Waals surface area contributed by atoms with Gasteiger partial charge in [0.05, 0.1) is 16.3 Å². The first-order valence-corrected chi connectivity index (χ1v) is 5.77. The molecule has 1 aromatic carbocycles. The molecule has 0 saturated carbocycles. The summed E-state index contributed by atoms with van der Waals surface area (Å²) in [6.45, 7) is 2.15. The monoisotopic (exact) mass is 258 g/mol. The Kier molecular flexibility index (Phi) is 3.61. The maximum atomic E-state index is 10.9. The summed E-state index contributed by atoms with van der Waals surface area (Å²) in [4.78, 5) is 14.7. The van der Waals surface area contributed by atoms with E-state index >= 15 is 0 Å². The summed E-state index contributed by atoms with van der Waals surface area (Å²) in [6.07, 6.45) is 0. The summed E-state index contributed by atoms with van der Waals surface area (Å²) >= 11 is 0. The van der Waals surface area contributed by atoms with Crippen LogP contribution in [0.25, 0.3) is 0 Å². The topological polar surface area (TPSA) is 94.1 Å². The average Bonchev–Trinajstić information content (AvgIpc) is 2.40. The van der Waals surface area contributed by atoms with Crippen molar-refractivity contribution < 1.29 is 4.92 Å². The number of nitrogen functional groups attached to an aromatic ring is 1. The Balaban J connectivity index is 2.14. The van der Waals surface area contributed by atoms with Crippen LogP contribution in [-0.2, 0) is 6.54 Å². The number of pyridine rings is 1. The van der Waals surface area contributed by atoms with Gasteiger partial charge in [-0.15, -0.1) is 0 Å². The van der Waals surface area contributed by atoms with E-state index in [2.05, 4.69) is 10.3 Å². The first kappa shape index (κ1) is 12.8. The predicted molar refractivity (Wildman–Crippen MR) is 73.8 cm³/mol. The molecule has 0 spiro atoms. The molecule has 0 aliphatic heterocycles. The Hall–Kier alpha value is -2.63. The number of rotatable bonds is 4. The Bertz CT molecular complexity index is 613. The molecule has 1 aromatic heterocycles. The van der Waals surface area contributed by atoms with Crippen molar-refractivity contribution in [2.75, 3.05) is 11.1 Å². The van der Waals surface area contributed by atoms with Crippen molar-refractivity contribution >= 4 is 17.2 Å². The molecule has 2 rings (SSSR count). The minimum atomic E-state index is -0.390. The van der Waals surface area contributed by atoms with Gasteiger partial charge in [0.1, 0.15) is 5.82 Å². The van der Waals surface area contributed by atoms with E-state index in [0.29, 0.717) is 23.6 Å². The third-order valence-electron chi connectivity index (χ3n) is 2.77. The highest BCUT2D eigenvalue weighted by atomic mass is 16.6. The van der Waals surface area contributed by atoms with Gasteiger partial charge in [-0.05, 0) is 19.1 Å². The fraction of sp³-hybridized carbons (Fsp3) is 0.154. The van der Waals surface area contributed by atoms with Gasteiger partial charge in [0.15, 0.2) is 0 Å². The molecule has 2 aromatic rings. The average molecular weight is 258 g/mol. The number of nitro groups is 1. The molecule has 19 heavy (non-hydrogen) atoms. The third-order valence-corrected chi connectivity index (χ3v) is 2.77. The number of hydrogen-bond acceptors (Lipinski definition) is 5. The van der Waals surface area contributed by atoms with Crippen molar-refractivity contribution in [1.29, 1.82) is 0 Å². The number of benzene rings is 1. The zero-order valence-electron chi connectivity index (χ0n) is 10.5. The van der Waals surface area contributed by atoms with Crippen LogP contribution in [0.4, 0.5) is 17.2 Å². The van der Waals surface area contributed by atoms with E-state index in [1.165, 1.54) is 6.07 Å². The zero-order chi connectivity index (χ0) is 13.8. The smallest absolute Gasteiger partial charge is 0.274 e. The van der Waals surface area contributed by atoms with Gasteiger partial charge in [-0.2, -0.15) is 0 Å². The SMILES string of the molecule is Cc1nc(NCc2ccccc2[N+](=O)[O-])ccc1N. The molecule has 0 radical (unpaired) electrons. The number of hydrogen-bond donors (Lipinski definition) is 2. The van der Waals surface area contributed by atoms with Crippen LogP contribution in [-0.4, -0.2) is 9.91 Å². The fourth-order valence-electron chi connectivity index (χ4n) is 1.69. The van der Waals surface area contributed by atoms with E-state index in [-0.39, 0.29) is 5.69 Å². The first-order valence-electron chi connectivity index (χ1n) is 5.77. The number of aromatic nitrogens is 1. The van der Waals surface area contributed by atoms with Crippen LogP contribution >= 0.6 is 0 Å². The highest BCUT2D eigenvalue weighted by Gasteiger charge is 2.11. The van der Waals surface area contributed by atoms with Crippen LogP contribution in [0.3, 0.4) is 0 Å². The maximum Gasteiger partial charge on any atom is 0.274 e. The summed E-state index contributed by atoms with van der Waals surface area (Å²) in [7, 11) is 0. The molecular formula is C13H14N4O2. The first-order chi connectivity index (χ1) is 9.08. The normalized spacial score (nSPS) is 10.2. The number of para-hydroxylation sites is 1. The quantitative estimate of drug-likeness (QED) is 0.649. The minimum absolute atomic E-state index is 0.0992. The lowest BCUT2D eigenvalue weighted by Gasteiger charge is -2.08. The molecule has 0 atom stereocenters. The second kappa shape index (κ2) is 5.34. The summed E-state index contributed by atoms with van der Waals surface area (Å²) in [5, 5.41) is 13.9. The van der Waals surface area contributed by atoms with E-state index in [9.17, 15) is 10.1 Å². The van der Waals surface area contributed by atoms with Crippen molar-refractivity contribution in [3.8, 4) is 0 Å². The largest absolute Gasteiger partial charge is 0.397 e. The number of nitrogens with one attached hydrogen (secondary N) is 1. The summed E-state index contributed by atoms with van der Waals surface area (Å²) in [6, 6.07) is 10.1. The van der Waals surface area contributed by atoms with Gasteiger partial charge in [-0.3, -0.25) is 10.1 Å². The van der Waals surface area contributed by atoms with Crippen molar-refractivity contribution in [2.24, 2.45) is 0 Å². The molecular weight excluding hydrogens is 244 g/mol. The molecule has 0 aliphatic carbocycles. The molecule has 98 valence electrons. The van der Waals surface area contributed by atoms with Crippen LogP contribution in [0.2, 0.25) is 0 Å². The second-order valence-electron chi connectivity index (χ2n) is 4.11. The van der Waals surface area contributed by atoms with Crippen LogP contribution in [0, 0.1) is 17.0 Å². The van der Waals surface area contributed by atoms with E-state index in [1.54, 1.807) is 30.3 Å². The lowest BCUT2D eigenvalue weighted by Crippen LogP contribution is -2.05. The van der Waals surface area contributed by atoms with E-state index < -0.39 is 4.92 Å². The van der Waals surface area contributed by atoms with Crippen molar-refractivity contribution in [3.05, 3.63) is 57.8 Å². The number of nitro benzene ring substituents is 1. The molecule has 3 N–H and O–H groups in total. The third kappa shape index (κ3) is 2.98. The molecule has 0 saturated heterocycles. The van der Waals surface area contributed by atoms with Gasteiger partial charge >= 0.3 is 0 Å². The standard InChI is InChI=1S/C13H14N4O2/c1-9-11(14)6-7-13(16-9)15-8-10-4-2-3-5-12(10)17(18)19/h2-7H,8,14H2,1H3,(H,15,16). The number of aryl methyl sites for hydroxylation is 1. The van der Waals surface area contributed by atoms with Crippen LogP contribution in [0.1, 0.15) is 11.3 Å². The maximum absolute atomic E-state index is 10.9. The zero-order valence-corrected chi connectivity index (χ0v) is 10.5. The Morgan fingerprint density at radius 2 is 2.05 bits per heavy atom. The van der Waals surface area contributed by atoms with Crippen molar-refractivity contribution in [2.45, 2.75) is 13.5 Å². The Labute approximate surface area is 110 Å². The Morgan fingerprint density at radius 1 is 1.32 bits per heavy atom. The lowest BCUT2D eigenvalue weighted by molar-refractivity contribution is -0.385. The van der Waals surface area contributed by atoms with Gasteiger partial charge in [0.2, 0.25) is 0 Å². The molecule has 6 heteroatoms. The highest BCUT2D eigenvalue weighted by Crippen LogP contribution is 2.19. The lowest BCUT2D eigenvalue weighted by atomic mass is 10.2. The van der Waals surface area contributed by atoms with Gasteiger partial charge < -0.3 is 11.1 Å². The van der Waals surface area contributed by atoms with Crippen LogP contribution < -0.4 is 11.1 Å². The van der Waals surface area contributed by atoms with E-state index in [4.69, 9.17) is 5.73 Å². The second-order valence-corrected chi connectivity index (χ2v) is 4.11. The van der Waals surface area contributed by atoms with Crippen molar-refractivity contribution in [1.82, 2.24) is 4.98 Å². The van der Waals surface area contributed by atoms with Gasteiger partial charge in [0, 0.05) is 18.2 Å². The fourth-order valence-corrected chi connectivity index (χ4v) is 1.69. The number of anilines is 2. The summed E-state index contributed by atoms with van der Waals surface area (Å²) in [5.41, 5.74) is 7.74. The molecule has 1 heterocycles.